The van der Waals surface area contributed by atoms with Gasteiger partial charge in [-0.3, -0.25) is 0 Å². The molecule has 1 aliphatic heterocycles. The van der Waals surface area contributed by atoms with Gasteiger partial charge in [0.25, 0.3) is 0 Å². The Morgan fingerprint density at radius 1 is 1.67 bits per heavy atom. The van der Waals surface area contributed by atoms with Gasteiger partial charge >= 0.3 is 0 Å². The van der Waals surface area contributed by atoms with E-state index in [1.165, 1.54) is 13.0 Å². The zero-order valence-electron chi connectivity index (χ0n) is 3.91. The van der Waals surface area contributed by atoms with Crippen molar-refractivity contribution in [2.75, 3.05) is 13.1 Å². The van der Waals surface area contributed by atoms with Crippen molar-refractivity contribution in [2.24, 2.45) is 5.92 Å². The highest BCUT2D eigenvalue weighted by Gasteiger charge is 2.06. The molecule has 0 aliphatic carbocycles. The summed E-state index contributed by atoms with van der Waals surface area (Å²) in [5.41, 5.74) is 0. The third-order valence-corrected chi connectivity index (χ3v) is 1.16. The SMILES string of the molecule is [CH2]C1CCNC1. The van der Waals surface area contributed by atoms with Crippen LogP contribution in [-0.2, 0) is 0 Å². The third kappa shape index (κ3) is 0.716. The Balaban J connectivity index is 2.18. The van der Waals surface area contributed by atoms with Gasteiger partial charge in [0.1, 0.15) is 0 Å². The van der Waals surface area contributed by atoms with E-state index in [1.807, 2.05) is 0 Å². The standard InChI is InChI=1S/C5H10N/c1-5-2-3-6-4-5/h5-6H,1-4H2. The molecule has 6 heavy (non-hydrogen) atoms. The van der Waals surface area contributed by atoms with Crippen LogP contribution in [0.15, 0.2) is 0 Å². The molecule has 1 fully saturated rings. The second kappa shape index (κ2) is 1.61. The first-order valence-corrected chi connectivity index (χ1v) is 2.43. The second-order valence-electron chi connectivity index (χ2n) is 1.86. The Hall–Kier alpha value is -0.0400. The molecule has 1 N–H and O–H groups in total. The summed E-state index contributed by atoms with van der Waals surface area (Å²) < 4.78 is 0. The molecule has 1 aliphatic rings. The van der Waals surface area contributed by atoms with Crippen molar-refractivity contribution >= 4 is 0 Å². The second-order valence-corrected chi connectivity index (χ2v) is 1.86. The smallest absolute Gasteiger partial charge is 0.00200 e. The summed E-state index contributed by atoms with van der Waals surface area (Å²) in [7, 11) is 0. The lowest BCUT2D eigenvalue weighted by molar-refractivity contribution is 0.724. The lowest BCUT2D eigenvalue weighted by Crippen LogP contribution is -2.06. The van der Waals surface area contributed by atoms with Crippen molar-refractivity contribution in [3.05, 3.63) is 6.92 Å². The van der Waals surface area contributed by atoms with Crippen LogP contribution in [0.25, 0.3) is 0 Å². The van der Waals surface area contributed by atoms with E-state index in [0.717, 1.165) is 6.54 Å². The summed E-state index contributed by atoms with van der Waals surface area (Å²) in [6, 6.07) is 0. The predicted octanol–water partition coefficient (Wildman–Crippen LogP) is 0.430. The molecular weight excluding hydrogens is 74.1 g/mol. The number of hydrogen-bond donors (Lipinski definition) is 1. The average molecular weight is 84.1 g/mol. The Morgan fingerprint density at radius 2 is 2.50 bits per heavy atom. The first-order valence-electron chi connectivity index (χ1n) is 2.43. The number of rotatable bonds is 0. The van der Waals surface area contributed by atoms with Gasteiger partial charge in [-0.05, 0) is 32.4 Å². The minimum Gasteiger partial charge on any atom is -0.316 e. The van der Waals surface area contributed by atoms with Crippen LogP contribution in [0.2, 0.25) is 0 Å². The molecule has 1 atom stereocenters. The van der Waals surface area contributed by atoms with Gasteiger partial charge < -0.3 is 5.32 Å². The highest BCUT2D eigenvalue weighted by Crippen LogP contribution is 2.02. The highest BCUT2D eigenvalue weighted by molar-refractivity contribution is 4.71. The van der Waals surface area contributed by atoms with E-state index in [4.69, 9.17) is 0 Å². The van der Waals surface area contributed by atoms with E-state index in [-0.39, 0.29) is 0 Å². The molecule has 0 bridgehead atoms. The van der Waals surface area contributed by atoms with Crippen LogP contribution in [0.4, 0.5) is 0 Å². The van der Waals surface area contributed by atoms with E-state index in [0.29, 0.717) is 5.92 Å². The summed E-state index contributed by atoms with van der Waals surface area (Å²) >= 11 is 0. The monoisotopic (exact) mass is 84.1 g/mol. The zero-order chi connectivity index (χ0) is 4.41. The van der Waals surface area contributed by atoms with Crippen LogP contribution >= 0.6 is 0 Å². The van der Waals surface area contributed by atoms with Crippen molar-refractivity contribution in [3.8, 4) is 0 Å². The predicted molar refractivity (Wildman–Crippen MR) is 26.3 cm³/mol. The quantitative estimate of drug-likeness (QED) is 0.449. The third-order valence-electron chi connectivity index (χ3n) is 1.16. The fourth-order valence-electron chi connectivity index (χ4n) is 0.714. The molecule has 1 nitrogen and oxygen atoms in total. The van der Waals surface area contributed by atoms with Gasteiger partial charge in [0.05, 0.1) is 0 Å². The van der Waals surface area contributed by atoms with Gasteiger partial charge in [-0.25, -0.2) is 0 Å². The molecule has 35 valence electrons. The maximum Gasteiger partial charge on any atom is -0.00200 e. The largest absolute Gasteiger partial charge is 0.316 e. The molecule has 0 aromatic heterocycles. The van der Waals surface area contributed by atoms with Gasteiger partial charge in [0.15, 0.2) is 0 Å². The molecule has 1 rings (SSSR count). The highest BCUT2D eigenvalue weighted by atomic mass is 14.9. The Kier molecular flexibility index (Phi) is 1.10. The summed E-state index contributed by atoms with van der Waals surface area (Å²) in [5.74, 6) is 0.685. The van der Waals surface area contributed by atoms with Gasteiger partial charge in [-0.1, -0.05) is 0 Å². The van der Waals surface area contributed by atoms with E-state index in [9.17, 15) is 0 Å². The Bertz CT molecular complexity index is 37.2. The Morgan fingerprint density at radius 3 is 2.67 bits per heavy atom. The van der Waals surface area contributed by atoms with Crippen LogP contribution in [0, 0.1) is 12.8 Å². The van der Waals surface area contributed by atoms with Crippen molar-refractivity contribution in [3.63, 3.8) is 0 Å². The fourth-order valence-corrected chi connectivity index (χ4v) is 0.714. The first kappa shape index (κ1) is 4.13. The molecule has 0 spiro atoms. The van der Waals surface area contributed by atoms with Crippen molar-refractivity contribution in [1.82, 2.24) is 5.32 Å². The van der Waals surface area contributed by atoms with Gasteiger partial charge in [-0.15, -0.1) is 0 Å². The molecule has 0 saturated carbocycles. The minimum absolute atomic E-state index is 0.685. The number of nitrogens with one attached hydrogen (secondary N) is 1. The van der Waals surface area contributed by atoms with Crippen LogP contribution in [-0.4, -0.2) is 13.1 Å². The molecule has 1 radical (unpaired) electrons. The fraction of sp³-hybridized carbons (Fsp3) is 0.800. The van der Waals surface area contributed by atoms with Crippen LogP contribution in [0.3, 0.4) is 0 Å². The summed E-state index contributed by atoms with van der Waals surface area (Å²) in [6.07, 6.45) is 1.26. The van der Waals surface area contributed by atoms with Crippen molar-refractivity contribution in [1.29, 1.82) is 0 Å². The van der Waals surface area contributed by atoms with E-state index < -0.39 is 0 Å². The summed E-state index contributed by atoms with van der Waals surface area (Å²) in [4.78, 5) is 0. The number of hydrogen-bond acceptors (Lipinski definition) is 1. The summed E-state index contributed by atoms with van der Waals surface area (Å²) in [6.45, 7) is 6.17. The molecular formula is C5H10N. The zero-order valence-corrected chi connectivity index (χ0v) is 3.91. The van der Waals surface area contributed by atoms with Crippen LogP contribution < -0.4 is 5.32 Å². The van der Waals surface area contributed by atoms with E-state index in [2.05, 4.69) is 12.2 Å². The lowest BCUT2D eigenvalue weighted by atomic mass is 10.2. The van der Waals surface area contributed by atoms with E-state index in [1.54, 1.807) is 0 Å². The normalized spacial score (nSPS) is 34.5. The minimum atomic E-state index is 0.685. The van der Waals surface area contributed by atoms with Crippen molar-refractivity contribution < 1.29 is 0 Å². The van der Waals surface area contributed by atoms with Gasteiger partial charge in [0.2, 0.25) is 0 Å². The van der Waals surface area contributed by atoms with Gasteiger partial charge in [0, 0.05) is 0 Å². The molecule has 1 heteroatoms. The summed E-state index contributed by atoms with van der Waals surface area (Å²) in [5, 5.41) is 3.21. The molecule has 0 aromatic rings. The average Bonchev–Trinajstić information content (AvgIpc) is 1.86. The maximum atomic E-state index is 3.88. The molecule has 0 aromatic carbocycles. The Labute approximate surface area is 38.7 Å². The maximum absolute atomic E-state index is 3.88. The molecule has 1 heterocycles. The topological polar surface area (TPSA) is 12.0 Å². The lowest BCUT2D eigenvalue weighted by Gasteiger charge is -1.90. The van der Waals surface area contributed by atoms with E-state index >= 15 is 0 Å². The first-order chi connectivity index (χ1) is 2.89. The molecule has 1 unspecified atom stereocenters. The van der Waals surface area contributed by atoms with Crippen molar-refractivity contribution in [2.45, 2.75) is 6.42 Å². The van der Waals surface area contributed by atoms with Gasteiger partial charge in [-0.2, -0.15) is 0 Å². The molecule has 0 amide bonds. The molecule has 1 saturated heterocycles. The van der Waals surface area contributed by atoms with Crippen LogP contribution in [0.1, 0.15) is 6.42 Å². The van der Waals surface area contributed by atoms with Crippen LogP contribution in [0.5, 0.6) is 0 Å².